The quantitative estimate of drug-likeness (QED) is 0.701. The second-order valence-electron chi connectivity index (χ2n) is 4.89. The van der Waals surface area contributed by atoms with Crippen LogP contribution in [-0.4, -0.2) is 59.8 Å². The maximum atomic E-state index is 9.27. The highest BCUT2D eigenvalue weighted by Gasteiger charge is 2.35. The van der Waals surface area contributed by atoms with Gasteiger partial charge in [-0.1, -0.05) is 0 Å². The fourth-order valence-electron chi connectivity index (χ4n) is 2.94. The van der Waals surface area contributed by atoms with Gasteiger partial charge in [0, 0.05) is 24.7 Å². The lowest BCUT2D eigenvalue weighted by Gasteiger charge is -2.29. The van der Waals surface area contributed by atoms with E-state index in [9.17, 15) is 5.11 Å². The Labute approximate surface area is 86.7 Å². The summed E-state index contributed by atoms with van der Waals surface area (Å²) in [4.78, 5) is 4.96. The SMILES string of the molecule is CC1CC(N2CCC[C@@H]2CO)CN1C. The molecule has 0 aromatic heterocycles. The Kier molecular flexibility index (Phi) is 3.10. The zero-order chi connectivity index (χ0) is 10.1. The van der Waals surface area contributed by atoms with Gasteiger partial charge >= 0.3 is 0 Å². The molecule has 2 heterocycles. The number of hydrogen-bond acceptors (Lipinski definition) is 3. The zero-order valence-electron chi connectivity index (χ0n) is 9.32. The molecule has 2 saturated heterocycles. The van der Waals surface area contributed by atoms with Crippen LogP contribution in [-0.2, 0) is 0 Å². The molecule has 1 N–H and O–H groups in total. The molecular formula is C11H22N2O. The van der Waals surface area contributed by atoms with Gasteiger partial charge < -0.3 is 10.0 Å². The predicted molar refractivity (Wildman–Crippen MR) is 57.3 cm³/mol. The maximum absolute atomic E-state index is 9.27. The first-order chi connectivity index (χ1) is 6.72. The number of nitrogens with zero attached hydrogens (tertiary/aromatic N) is 2. The van der Waals surface area contributed by atoms with Gasteiger partial charge in [0.15, 0.2) is 0 Å². The Morgan fingerprint density at radius 2 is 2.21 bits per heavy atom. The molecule has 3 atom stereocenters. The third-order valence-corrected chi connectivity index (χ3v) is 3.97. The third-order valence-electron chi connectivity index (χ3n) is 3.97. The molecule has 82 valence electrons. The van der Waals surface area contributed by atoms with Gasteiger partial charge in [0.25, 0.3) is 0 Å². The summed E-state index contributed by atoms with van der Waals surface area (Å²) in [6.45, 7) is 5.01. The Bertz CT molecular complexity index is 188. The van der Waals surface area contributed by atoms with Crippen LogP contribution in [0.5, 0.6) is 0 Å². The van der Waals surface area contributed by atoms with Crippen molar-refractivity contribution in [1.82, 2.24) is 9.80 Å². The summed E-state index contributed by atoms with van der Waals surface area (Å²) in [5.41, 5.74) is 0. The van der Waals surface area contributed by atoms with Gasteiger partial charge in [-0.2, -0.15) is 0 Å². The van der Waals surface area contributed by atoms with E-state index in [1.165, 1.54) is 32.4 Å². The van der Waals surface area contributed by atoms with Crippen molar-refractivity contribution in [3.63, 3.8) is 0 Å². The monoisotopic (exact) mass is 198 g/mol. The summed E-state index contributed by atoms with van der Waals surface area (Å²) in [7, 11) is 2.20. The van der Waals surface area contributed by atoms with E-state index in [-0.39, 0.29) is 0 Å². The summed E-state index contributed by atoms with van der Waals surface area (Å²) < 4.78 is 0. The summed E-state index contributed by atoms with van der Waals surface area (Å²) in [5, 5.41) is 9.27. The highest BCUT2D eigenvalue weighted by Crippen LogP contribution is 2.27. The average molecular weight is 198 g/mol. The van der Waals surface area contributed by atoms with Crippen molar-refractivity contribution in [2.45, 2.75) is 44.3 Å². The zero-order valence-corrected chi connectivity index (χ0v) is 9.32. The predicted octanol–water partition coefficient (Wildman–Crippen LogP) is 0.536. The molecule has 0 saturated carbocycles. The minimum Gasteiger partial charge on any atom is -0.395 e. The van der Waals surface area contributed by atoms with Crippen LogP contribution in [0.25, 0.3) is 0 Å². The van der Waals surface area contributed by atoms with Crippen molar-refractivity contribution in [2.75, 3.05) is 26.7 Å². The molecule has 2 fully saturated rings. The largest absolute Gasteiger partial charge is 0.395 e. The van der Waals surface area contributed by atoms with Crippen molar-refractivity contribution >= 4 is 0 Å². The molecule has 14 heavy (non-hydrogen) atoms. The van der Waals surface area contributed by atoms with Crippen molar-refractivity contribution in [1.29, 1.82) is 0 Å². The lowest BCUT2D eigenvalue weighted by molar-refractivity contribution is 0.121. The Morgan fingerprint density at radius 1 is 1.43 bits per heavy atom. The molecule has 2 aliphatic heterocycles. The highest BCUT2D eigenvalue weighted by molar-refractivity contribution is 4.92. The van der Waals surface area contributed by atoms with Crippen LogP contribution < -0.4 is 0 Å². The van der Waals surface area contributed by atoms with E-state index in [0.29, 0.717) is 24.7 Å². The van der Waals surface area contributed by atoms with Crippen LogP contribution in [0.2, 0.25) is 0 Å². The molecule has 0 spiro atoms. The molecule has 0 aliphatic carbocycles. The van der Waals surface area contributed by atoms with Gasteiger partial charge in [-0.3, -0.25) is 4.90 Å². The number of likely N-dealkylation sites (N-methyl/N-ethyl adjacent to an activating group) is 1. The lowest BCUT2D eigenvalue weighted by atomic mass is 10.1. The first kappa shape index (κ1) is 10.4. The van der Waals surface area contributed by atoms with Crippen molar-refractivity contribution in [3.05, 3.63) is 0 Å². The first-order valence-corrected chi connectivity index (χ1v) is 5.79. The van der Waals surface area contributed by atoms with Crippen molar-refractivity contribution in [3.8, 4) is 0 Å². The molecule has 2 rings (SSSR count). The van der Waals surface area contributed by atoms with Gasteiger partial charge in [-0.25, -0.2) is 0 Å². The van der Waals surface area contributed by atoms with E-state index in [1.54, 1.807) is 0 Å². The Morgan fingerprint density at radius 3 is 2.79 bits per heavy atom. The number of aliphatic hydroxyl groups is 1. The standard InChI is InChI=1S/C11H22N2O/c1-9-6-11(7-12(9)2)13-5-3-4-10(13)8-14/h9-11,14H,3-8H2,1-2H3/t9?,10-,11?/m1/s1. The summed E-state index contributed by atoms with van der Waals surface area (Å²) in [5.74, 6) is 0. The molecule has 3 nitrogen and oxygen atoms in total. The van der Waals surface area contributed by atoms with Crippen molar-refractivity contribution < 1.29 is 5.11 Å². The van der Waals surface area contributed by atoms with Gasteiger partial charge in [-0.15, -0.1) is 0 Å². The maximum Gasteiger partial charge on any atom is 0.0587 e. The molecule has 0 bridgehead atoms. The molecular weight excluding hydrogens is 176 g/mol. The summed E-state index contributed by atoms with van der Waals surface area (Å²) >= 11 is 0. The number of aliphatic hydroxyl groups excluding tert-OH is 1. The Hall–Kier alpha value is -0.120. The number of hydrogen-bond donors (Lipinski definition) is 1. The van der Waals surface area contributed by atoms with E-state index >= 15 is 0 Å². The minimum absolute atomic E-state index is 0.342. The fraction of sp³-hybridized carbons (Fsp3) is 1.00. The molecule has 0 radical (unpaired) electrons. The highest BCUT2D eigenvalue weighted by atomic mass is 16.3. The normalized spacial score (nSPS) is 40.9. The third kappa shape index (κ3) is 1.81. The number of likely N-dealkylation sites (tertiary alicyclic amines) is 2. The fourth-order valence-corrected chi connectivity index (χ4v) is 2.94. The van der Waals surface area contributed by atoms with Crippen LogP contribution in [0.3, 0.4) is 0 Å². The van der Waals surface area contributed by atoms with E-state index in [0.717, 1.165) is 0 Å². The average Bonchev–Trinajstić information content (AvgIpc) is 2.73. The van der Waals surface area contributed by atoms with Gasteiger partial charge in [-0.05, 0) is 39.8 Å². The van der Waals surface area contributed by atoms with Crippen LogP contribution >= 0.6 is 0 Å². The molecule has 2 unspecified atom stereocenters. The van der Waals surface area contributed by atoms with Crippen LogP contribution in [0.15, 0.2) is 0 Å². The summed E-state index contributed by atoms with van der Waals surface area (Å²) in [6, 6.07) is 1.84. The van der Waals surface area contributed by atoms with E-state index in [1.807, 2.05) is 0 Å². The molecule has 0 amide bonds. The van der Waals surface area contributed by atoms with Crippen LogP contribution in [0.1, 0.15) is 26.2 Å². The molecule has 0 aromatic carbocycles. The first-order valence-electron chi connectivity index (χ1n) is 5.79. The summed E-state index contributed by atoms with van der Waals surface area (Å²) in [6.07, 6.45) is 3.72. The van der Waals surface area contributed by atoms with Crippen molar-refractivity contribution in [2.24, 2.45) is 0 Å². The minimum atomic E-state index is 0.342. The number of rotatable bonds is 2. The smallest absolute Gasteiger partial charge is 0.0587 e. The van der Waals surface area contributed by atoms with Gasteiger partial charge in [0.1, 0.15) is 0 Å². The molecule has 2 aliphatic rings. The van der Waals surface area contributed by atoms with Crippen LogP contribution in [0.4, 0.5) is 0 Å². The topological polar surface area (TPSA) is 26.7 Å². The second kappa shape index (κ2) is 4.17. The van der Waals surface area contributed by atoms with E-state index < -0.39 is 0 Å². The molecule has 3 heteroatoms. The van der Waals surface area contributed by atoms with Crippen LogP contribution in [0, 0.1) is 0 Å². The van der Waals surface area contributed by atoms with Gasteiger partial charge in [0.2, 0.25) is 0 Å². The Balaban J connectivity index is 1.95. The lowest BCUT2D eigenvalue weighted by Crippen LogP contribution is -2.42. The van der Waals surface area contributed by atoms with E-state index in [4.69, 9.17) is 0 Å². The van der Waals surface area contributed by atoms with E-state index in [2.05, 4.69) is 23.8 Å². The van der Waals surface area contributed by atoms with Gasteiger partial charge in [0.05, 0.1) is 6.61 Å². The second-order valence-corrected chi connectivity index (χ2v) is 4.89. The molecule has 0 aromatic rings.